The van der Waals surface area contributed by atoms with Crippen molar-refractivity contribution in [2.45, 2.75) is 32.2 Å². The van der Waals surface area contributed by atoms with Gasteiger partial charge >= 0.3 is 5.97 Å². The molecular weight excluding hydrogens is 262 g/mol. The smallest absolute Gasteiger partial charge is 0.317 e. The van der Waals surface area contributed by atoms with Crippen LogP contribution in [0.3, 0.4) is 0 Å². The lowest BCUT2D eigenvalue weighted by atomic mass is 10.0. The summed E-state index contributed by atoms with van der Waals surface area (Å²) in [6.07, 6.45) is 3.34. The van der Waals surface area contributed by atoms with Crippen molar-refractivity contribution in [3.8, 4) is 0 Å². The summed E-state index contributed by atoms with van der Waals surface area (Å²) in [7, 11) is 0. The van der Waals surface area contributed by atoms with E-state index in [1.54, 1.807) is 0 Å². The Balaban J connectivity index is 2.16. The number of carbonyl (C=O) groups is 1. The lowest BCUT2D eigenvalue weighted by Gasteiger charge is -2.30. The molecule has 3 nitrogen and oxygen atoms in total. The summed E-state index contributed by atoms with van der Waals surface area (Å²) in [5, 5.41) is 9.80. The van der Waals surface area contributed by atoms with Gasteiger partial charge < -0.3 is 5.11 Å². The molecule has 2 rings (SSSR count). The molecule has 1 N–H and O–H groups in total. The van der Waals surface area contributed by atoms with Crippen LogP contribution in [0.25, 0.3) is 0 Å². The first-order chi connectivity index (χ1) is 9.10. The summed E-state index contributed by atoms with van der Waals surface area (Å²) in [6, 6.07) is 7.88. The maximum Gasteiger partial charge on any atom is 0.317 e. The van der Waals surface area contributed by atoms with Gasteiger partial charge in [0.1, 0.15) is 0 Å². The number of benzene rings is 1. The fourth-order valence-electron chi connectivity index (χ4n) is 2.53. The summed E-state index contributed by atoms with van der Waals surface area (Å²) in [4.78, 5) is 13.1. The molecule has 1 unspecified atom stereocenters. The number of halogens is 1. The van der Waals surface area contributed by atoms with Gasteiger partial charge in [0.25, 0.3) is 0 Å². The Hall–Kier alpha value is -1.06. The number of carboxylic acids is 1. The van der Waals surface area contributed by atoms with Crippen LogP contribution in [0, 0.1) is 5.92 Å². The quantitative estimate of drug-likeness (QED) is 0.830. The molecule has 0 aliphatic heterocycles. The van der Waals surface area contributed by atoms with Crippen molar-refractivity contribution in [2.75, 3.05) is 13.1 Å². The first kappa shape index (κ1) is 14.4. The molecule has 0 saturated heterocycles. The molecule has 1 fully saturated rings. The SMILES string of the molecule is CCC(c1cccc(Cl)c1)N(CC(=O)O)CC1CC1. The molecule has 0 heterocycles. The predicted molar refractivity (Wildman–Crippen MR) is 76.4 cm³/mol. The highest BCUT2D eigenvalue weighted by Gasteiger charge is 2.29. The van der Waals surface area contributed by atoms with Crippen LogP contribution in [0.4, 0.5) is 0 Å². The molecule has 0 amide bonds. The molecule has 1 atom stereocenters. The van der Waals surface area contributed by atoms with E-state index < -0.39 is 5.97 Å². The second-order valence-corrected chi connectivity index (χ2v) is 5.68. The van der Waals surface area contributed by atoms with Gasteiger partial charge in [-0.2, -0.15) is 0 Å². The van der Waals surface area contributed by atoms with E-state index in [9.17, 15) is 4.79 Å². The maximum atomic E-state index is 11.1. The largest absolute Gasteiger partial charge is 0.480 e. The van der Waals surface area contributed by atoms with Crippen LogP contribution in [-0.4, -0.2) is 29.1 Å². The molecule has 1 saturated carbocycles. The number of carboxylic acid groups (broad SMARTS) is 1. The van der Waals surface area contributed by atoms with E-state index in [1.807, 2.05) is 24.3 Å². The Labute approximate surface area is 119 Å². The molecule has 1 aliphatic carbocycles. The first-order valence-electron chi connectivity index (χ1n) is 6.81. The molecule has 1 aromatic rings. The summed E-state index contributed by atoms with van der Waals surface area (Å²) >= 11 is 6.04. The highest BCUT2D eigenvalue weighted by Crippen LogP contribution is 2.34. The van der Waals surface area contributed by atoms with E-state index in [1.165, 1.54) is 12.8 Å². The Bertz CT molecular complexity index is 446. The maximum absolute atomic E-state index is 11.1. The van der Waals surface area contributed by atoms with Gasteiger partial charge in [-0.15, -0.1) is 0 Å². The normalized spacial score (nSPS) is 16.6. The van der Waals surface area contributed by atoms with Gasteiger partial charge in [0.2, 0.25) is 0 Å². The molecule has 1 aliphatic rings. The highest BCUT2D eigenvalue weighted by atomic mass is 35.5. The molecule has 0 aromatic heterocycles. The van der Waals surface area contributed by atoms with E-state index >= 15 is 0 Å². The minimum absolute atomic E-state index is 0.0987. The number of aliphatic carboxylic acids is 1. The Morgan fingerprint density at radius 3 is 2.79 bits per heavy atom. The monoisotopic (exact) mass is 281 g/mol. The number of hydrogen-bond donors (Lipinski definition) is 1. The minimum atomic E-state index is -0.763. The lowest BCUT2D eigenvalue weighted by molar-refractivity contribution is -0.139. The second-order valence-electron chi connectivity index (χ2n) is 5.25. The highest BCUT2D eigenvalue weighted by molar-refractivity contribution is 6.30. The van der Waals surface area contributed by atoms with Gasteiger partial charge in [0.05, 0.1) is 6.54 Å². The third-order valence-corrected chi connectivity index (χ3v) is 3.82. The van der Waals surface area contributed by atoms with Crippen LogP contribution in [0.15, 0.2) is 24.3 Å². The minimum Gasteiger partial charge on any atom is -0.480 e. The molecule has 0 spiro atoms. The van der Waals surface area contributed by atoms with Crippen LogP contribution < -0.4 is 0 Å². The van der Waals surface area contributed by atoms with Gasteiger partial charge in [-0.25, -0.2) is 0 Å². The van der Waals surface area contributed by atoms with E-state index in [4.69, 9.17) is 16.7 Å². The van der Waals surface area contributed by atoms with Gasteiger partial charge in [0.15, 0.2) is 0 Å². The van der Waals surface area contributed by atoms with Crippen LogP contribution in [0.5, 0.6) is 0 Å². The zero-order valence-electron chi connectivity index (χ0n) is 11.2. The van der Waals surface area contributed by atoms with Crippen LogP contribution in [0.2, 0.25) is 5.02 Å². The molecule has 19 heavy (non-hydrogen) atoms. The summed E-state index contributed by atoms with van der Waals surface area (Å²) in [5.41, 5.74) is 1.11. The molecule has 0 radical (unpaired) electrons. The molecule has 1 aromatic carbocycles. The van der Waals surface area contributed by atoms with Crippen LogP contribution in [0.1, 0.15) is 37.8 Å². The van der Waals surface area contributed by atoms with Crippen molar-refractivity contribution in [2.24, 2.45) is 5.92 Å². The zero-order valence-corrected chi connectivity index (χ0v) is 11.9. The number of rotatable bonds is 7. The van der Waals surface area contributed by atoms with Gasteiger partial charge in [0, 0.05) is 17.6 Å². The van der Waals surface area contributed by atoms with E-state index in [-0.39, 0.29) is 12.6 Å². The van der Waals surface area contributed by atoms with Gasteiger partial charge in [-0.1, -0.05) is 30.7 Å². The number of hydrogen-bond acceptors (Lipinski definition) is 2. The molecule has 104 valence electrons. The summed E-state index contributed by atoms with van der Waals surface area (Å²) in [6.45, 7) is 3.06. The number of nitrogens with zero attached hydrogens (tertiary/aromatic N) is 1. The average molecular weight is 282 g/mol. The first-order valence-corrected chi connectivity index (χ1v) is 7.19. The van der Waals surface area contributed by atoms with Crippen molar-refractivity contribution in [3.05, 3.63) is 34.9 Å². The van der Waals surface area contributed by atoms with Crippen molar-refractivity contribution in [1.82, 2.24) is 4.90 Å². The topological polar surface area (TPSA) is 40.5 Å². The zero-order chi connectivity index (χ0) is 13.8. The summed E-state index contributed by atoms with van der Waals surface area (Å²) < 4.78 is 0. The van der Waals surface area contributed by atoms with Crippen LogP contribution in [-0.2, 0) is 4.79 Å². The van der Waals surface area contributed by atoms with Crippen molar-refractivity contribution < 1.29 is 9.90 Å². The Morgan fingerprint density at radius 1 is 1.53 bits per heavy atom. The molecular formula is C15H20ClNO2. The molecule has 4 heteroatoms. The lowest BCUT2D eigenvalue weighted by Crippen LogP contribution is -2.35. The van der Waals surface area contributed by atoms with Gasteiger partial charge in [-0.05, 0) is 42.9 Å². The Morgan fingerprint density at radius 2 is 2.26 bits per heavy atom. The van der Waals surface area contributed by atoms with Crippen molar-refractivity contribution >= 4 is 17.6 Å². The molecule has 0 bridgehead atoms. The average Bonchev–Trinajstić information content (AvgIpc) is 3.13. The van der Waals surface area contributed by atoms with E-state index in [0.717, 1.165) is 18.5 Å². The van der Waals surface area contributed by atoms with Crippen LogP contribution >= 0.6 is 11.6 Å². The van der Waals surface area contributed by atoms with E-state index in [0.29, 0.717) is 10.9 Å². The summed E-state index contributed by atoms with van der Waals surface area (Å²) in [5.74, 6) is -0.0892. The van der Waals surface area contributed by atoms with E-state index in [2.05, 4.69) is 11.8 Å². The van der Waals surface area contributed by atoms with Gasteiger partial charge in [-0.3, -0.25) is 9.69 Å². The fraction of sp³-hybridized carbons (Fsp3) is 0.533. The predicted octanol–water partition coefficient (Wildman–Crippen LogP) is 3.59. The fourth-order valence-corrected chi connectivity index (χ4v) is 2.73. The Kier molecular flexibility index (Phi) is 4.83. The third-order valence-electron chi connectivity index (χ3n) is 3.59. The van der Waals surface area contributed by atoms with Crippen molar-refractivity contribution in [1.29, 1.82) is 0 Å². The second kappa shape index (κ2) is 6.40. The third kappa shape index (κ3) is 4.22. The standard InChI is InChI=1S/C15H20ClNO2/c1-2-14(12-4-3-5-13(16)8-12)17(10-15(18)19)9-11-6-7-11/h3-5,8,11,14H,2,6-7,9-10H2,1H3,(H,18,19). The van der Waals surface area contributed by atoms with Crippen molar-refractivity contribution in [3.63, 3.8) is 0 Å².